The van der Waals surface area contributed by atoms with Crippen LogP contribution in [0.1, 0.15) is 20.7 Å². The Kier molecular flexibility index (Phi) is 5.62. The molecule has 0 aliphatic carbocycles. The van der Waals surface area contributed by atoms with Gasteiger partial charge in [0.1, 0.15) is 10.6 Å². The number of halogens is 1. The van der Waals surface area contributed by atoms with Gasteiger partial charge in [-0.1, -0.05) is 11.6 Å². The number of amides is 2. The molecule has 2 aromatic rings. The van der Waals surface area contributed by atoms with Crippen LogP contribution in [0.25, 0.3) is 0 Å². The molecule has 0 fully saturated rings. The van der Waals surface area contributed by atoms with Crippen LogP contribution in [0.4, 0.5) is 0 Å². The molecule has 0 saturated heterocycles. The average Bonchev–Trinajstić information content (AvgIpc) is 2.58. The van der Waals surface area contributed by atoms with Gasteiger partial charge >= 0.3 is 0 Å². The minimum Gasteiger partial charge on any atom is -0.497 e. The standard InChI is InChI=1S/C15H14ClN3O5S/c1-24-11-5-2-9(3-6-11)14(20)18-19-15(21)10-4-7-12(16)13(8-10)25(17,22)23/h2-8H,1H3,(H,18,20)(H,19,21)(H2,17,22,23). The lowest BCUT2D eigenvalue weighted by Gasteiger charge is -2.09. The van der Waals surface area contributed by atoms with Crippen LogP contribution in [-0.2, 0) is 10.0 Å². The molecule has 0 bridgehead atoms. The monoisotopic (exact) mass is 383 g/mol. The first-order chi connectivity index (χ1) is 11.7. The van der Waals surface area contributed by atoms with Crippen LogP contribution in [0, 0.1) is 0 Å². The van der Waals surface area contributed by atoms with Crippen molar-refractivity contribution in [3.63, 3.8) is 0 Å². The fraction of sp³-hybridized carbons (Fsp3) is 0.0667. The van der Waals surface area contributed by atoms with E-state index in [-0.39, 0.29) is 15.5 Å². The van der Waals surface area contributed by atoms with Gasteiger partial charge in [-0.15, -0.1) is 0 Å². The van der Waals surface area contributed by atoms with Crippen molar-refractivity contribution in [3.05, 3.63) is 58.6 Å². The van der Waals surface area contributed by atoms with Crippen LogP contribution < -0.4 is 20.7 Å². The number of rotatable bonds is 4. The Balaban J connectivity index is 2.08. The first-order valence-electron chi connectivity index (χ1n) is 6.79. The van der Waals surface area contributed by atoms with Crippen molar-refractivity contribution in [1.82, 2.24) is 10.9 Å². The van der Waals surface area contributed by atoms with E-state index in [0.29, 0.717) is 11.3 Å². The zero-order chi connectivity index (χ0) is 18.6. The van der Waals surface area contributed by atoms with E-state index in [1.807, 2.05) is 0 Å². The van der Waals surface area contributed by atoms with Crippen LogP contribution in [0.5, 0.6) is 5.75 Å². The molecular formula is C15H14ClN3O5S. The molecule has 0 aromatic heterocycles. The first-order valence-corrected chi connectivity index (χ1v) is 8.72. The number of carbonyl (C=O) groups is 2. The highest BCUT2D eigenvalue weighted by Gasteiger charge is 2.17. The van der Waals surface area contributed by atoms with E-state index in [9.17, 15) is 18.0 Å². The summed E-state index contributed by atoms with van der Waals surface area (Å²) >= 11 is 5.75. The van der Waals surface area contributed by atoms with E-state index >= 15 is 0 Å². The molecule has 2 amide bonds. The summed E-state index contributed by atoms with van der Waals surface area (Å²) in [6.07, 6.45) is 0. The Bertz CT molecular complexity index is 913. The average molecular weight is 384 g/mol. The Morgan fingerprint density at radius 3 is 2.04 bits per heavy atom. The molecule has 0 atom stereocenters. The number of hydrazine groups is 1. The topological polar surface area (TPSA) is 128 Å². The highest BCUT2D eigenvalue weighted by molar-refractivity contribution is 7.89. The molecule has 0 aliphatic rings. The fourth-order valence-corrected chi connectivity index (χ4v) is 2.93. The zero-order valence-electron chi connectivity index (χ0n) is 12.9. The summed E-state index contributed by atoms with van der Waals surface area (Å²) in [6, 6.07) is 9.76. The Hall–Kier alpha value is -2.62. The normalized spacial score (nSPS) is 10.8. The number of primary sulfonamides is 1. The van der Waals surface area contributed by atoms with Gasteiger partial charge in [0.05, 0.1) is 12.1 Å². The lowest BCUT2D eigenvalue weighted by Crippen LogP contribution is -2.41. The third-order valence-electron chi connectivity index (χ3n) is 3.14. The molecule has 4 N–H and O–H groups in total. The summed E-state index contributed by atoms with van der Waals surface area (Å²) in [5, 5.41) is 4.91. The Morgan fingerprint density at radius 1 is 1.00 bits per heavy atom. The molecular weight excluding hydrogens is 370 g/mol. The second kappa shape index (κ2) is 7.51. The van der Waals surface area contributed by atoms with Gasteiger partial charge in [0.15, 0.2) is 0 Å². The quantitative estimate of drug-likeness (QED) is 0.680. The summed E-state index contributed by atoms with van der Waals surface area (Å²) in [5.74, 6) is -0.711. The van der Waals surface area contributed by atoms with E-state index in [0.717, 1.165) is 6.07 Å². The molecule has 8 nitrogen and oxygen atoms in total. The maximum absolute atomic E-state index is 12.0. The van der Waals surface area contributed by atoms with Gasteiger partial charge in [0.2, 0.25) is 10.0 Å². The summed E-state index contributed by atoms with van der Waals surface area (Å²) in [5.41, 5.74) is 4.65. The fourth-order valence-electron chi connectivity index (χ4n) is 1.86. The predicted molar refractivity (Wildman–Crippen MR) is 90.8 cm³/mol. The molecule has 10 heteroatoms. The van der Waals surface area contributed by atoms with Crippen LogP contribution in [0.15, 0.2) is 47.4 Å². The van der Waals surface area contributed by atoms with Crippen molar-refractivity contribution in [1.29, 1.82) is 0 Å². The smallest absolute Gasteiger partial charge is 0.269 e. The van der Waals surface area contributed by atoms with E-state index < -0.39 is 21.8 Å². The maximum atomic E-state index is 12.0. The summed E-state index contributed by atoms with van der Waals surface area (Å²) in [6.45, 7) is 0. The summed E-state index contributed by atoms with van der Waals surface area (Å²) in [7, 11) is -2.58. The molecule has 0 saturated carbocycles. The largest absolute Gasteiger partial charge is 0.497 e. The molecule has 0 radical (unpaired) electrons. The van der Waals surface area contributed by atoms with Gasteiger partial charge in [-0.2, -0.15) is 0 Å². The highest BCUT2D eigenvalue weighted by atomic mass is 35.5. The number of nitrogens with one attached hydrogen (secondary N) is 2. The number of nitrogens with two attached hydrogens (primary N) is 1. The van der Waals surface area contributed by atoms with Gasteiger partial charge in [-0.25, -0.2) is 13.6 Å². The molecule has 2 aromatic carbocycles. The minimum atomic E-state index is -4.08. The van der Waals surface area contributed by atoms with E-state index in [1.165, 1.54) is 31.4 Å². The van der Waals surface area contributed by atoms with Gasteiger partial charge in [0.25, 0.3) is 11.8 Å². The van der Waals surface area contributed by atoms with Crippen molar-refractivity contribution in [2.24, 2.45) is 5.14 Å². The van der Waals surface area contributed by atoms with Crippen molar-refractivity contribution in [3.8, 4) is 5.75 Å². The van der Waals surface area contributed by atoms with Crippen LogP contribution in [0.2, 0.25) is 5.02 Å². The van der Waals surface area contributed by atoms with Gasteiger partial charge < -0.3 is 4.74 Å². The van der Waals surface area contributed by atoms with Crippen LogP contribution in [0.3, 0.4) is 0 Å². The zero-order valence-corrected chi connectivity index (χ0v) is 14.5. The molecule has 0 spiro atoms. The molecule has 0 heterocycles. The third kappa shape index (κ3) is 4.69. The maximum Gasteiger partial charge on any atom is 0.269 e. The number of methoxy groups -OCH3 is 1. The summed E-state index contributed by atoms with van der Waals surface area (Å²) < 4.78 is 27.8. The van der Waals surface area contributed by atoms with Gasteiger partial charge in [-0.3, -0.25) is 20.4 Å². The lowest BCUT2D eigenvalue weighted by atomic mass is 10.2. The molecule has 0 unspecified atom stereocenters. The lowest BCUT2D eigenvalue weighted by molar-refractivity contribution is 0.0846. The van der Waals surface area contributed by atoms with Crippen molar-refractivity contribution in [2.45, 2.75) is 4.90 Å². The number of carbonyl (C=O) groups excluding carboxylic acids is 2. The second-order valence-electron chi connectivity index (χ2n) is 4.83. The van der Waals surface area contributed by atoms with Gasteiger partial charge in [-0.05, 0) is 42.5 Å². The Labute approximate surface area is 148 Å². The molecule has 132 valence electrons. The van der Waals surface area contributed by atoms with E-state index in [1.54, 1.807) is 12.1 Å². The molecule has 0 aliphatic heterocycles. The number of hydrogen-bond acceptors (Lipinski definition) is 5. The van der Waals surface area contributed by atoms with Crippen LogP contribution in [-0.4, -0.2) is 27.3 Å². The van der Waals surface area contributed by atoms with E-state index in [2.05, 4.69) is 10.9 Å². The predicted octanol–water partition coefficient (Wildman–Crippen LogP) is 1.07. The molecule has 2 rings (SSSR count). The number of sulfonamides is 1. The van der Waals surface area contributed by atoms with Crippen molar-refractivity contribution < 1.29 is 22.7 Å². The van der Waals surface area contributed by atoms with Crippen molar-refractivity contribution >= 4 is 33.4 Å². The Morgan fingerprint density at radius 2 is 1.52 bits per heavy atom. The minimum absolute atomic E-state index is 0.0385. The van der Waals surface area contributed by atoms with E-state index in [4.69, 9.17) is 21.5 Å². The van der Waals surface area contributed by atoms with Crippen molar-refractivity contribution in [2.75, 3.05) is 7.11 Å². The van der Waals surface area contributed by atoms with Crippen LogP contribution >= 0.6 is 11.6 Å². The number of ether oxygens (including phenoxy) is 1. The first kappa shape index (κ1) is 18.7. The number of hydrogen-bond donors (Lipinski definition) is 3. The molecule has 25 heavy (non-hydrogen) atoms. The highest BCUT2D eigenvalue weighted by Crippen LogP contribution is 2.21. The second-order valence-corrected chi connectivity index (χ2v) is 6.76. The number of benzene rings is 2. The third-order valence-corrected chi connectivity index (χ3v) is 4.53. The SMILES string of the molecule is COc1ccc(C(=O)NNC(=O)c2ccc(Cl)c(S(N)(=O)=O)c2)cc1. The summed E-state index contributed by atoms with van der Waals surface area (Å²) in [4.78, 5) is 23.6. The van der Waals surface area contributed by atoms with Gasteiger partial charge in [0, 0.05) is 11.1 Å².